The van der Waals surface area contributed by atoms with Crippen molar-refractivity contribution in [2.75, 3.05) is 13.7 Å². The molecule has 0 bridgehead atoms. The number of fused-ring (bicyclic) bond motifs is 5. The van der Waals surface area contributed by atoms with E-state index in [1.807, 2.05) is 20.8 Å². The molecule has 3 saturated carbocycles. The van der Waals surface area contributed by atoms with Gasteiger partial charge in [-0.05, 0) is 119 Å². The maximum absolute atomic E-state index is 10.7. The highest BCUT2D eigenvalue weighted by molar-refractivity contribution is 5.50. The Labute approximate surface area is 223 Å². The fraction of sp³-hybridized carbons (Fsp3) is 0.909. The molecule has 36 heavy (non-hydrogen) atoms. The van der Waals surface area contributed by atoms with Crippen LogP contribution in [0.1, 0.15) is 126 Å². The van der Waals surface area contributed by atoms with Gasteiger partial charge in [-0.2, -0.15) is 0 Å². The van der Waals surface area contributed by atoms with Gasteiger partial charge in [0.2, 0.25) is 0 Å². The van der Waals surface area contributed by atoms with E-state index in [4.69, 9.17) is 9.47 Å². The summed E-state index contributed by atoms with van der Waals surface area (Å²) < 4.78 is 10.8. The lowest BCUT2D eigenvalue weighted by molar-refractivity contribution is -0.115. The molecule has 208 valence electrons. The Hall–Kier alpha value is -0.670. The largest absolute Gasteiger partial charge is 0.379 e. The molecule has 0 saturated heterocycles. The lowest BCUT2D eigenvalue weighted by Gasteiger charge is -2.58. The Balaban J connectivity index is 0.000000538. The lowest BCUT2D eigenvalue weighted by atomic mass is 9.47. The van der Waals surface area contributed by atoms with Gasteiger partial charge < -0.3 is 14.3 Å². The Bertz CT molecular complexity index is 734. The zero-order valence-corrected chi connectivity index (χ0v) is 25.0. The van der Waals surface area contributed by atoms with Crippen LogP contribution in [-0.4, -0.2) is 31.7 Å². The monoisotopic (exact) mass is 502 g/mol. The van der Waals surface area contributed by atoms with Crippen molar-refractivity contribution in [2.24, 2.45) is 40.4 Å². The van der Waals surface area contributed by atoms with Crippen LogP contribution in [0.2, 0.25) is 0 Å². The van der Waals surface area contributed by atoms with Crippen molar-refractivity contribution in [1.82, 2.24) is 0 Å². The van der Waals surface area contributed by atoms with Gasteiger partial charge in [-0.15, -0.1) is 0 Å². The molecule has 7 atom stereocenters. The molecule has 0 N–H and O–H groups in total. The molecular weight excluding hydrogens is 444 g/mol. The molecule has 0 aromatic carbocycles. The number of ether oxygens (including phenoxy) is 2. The summed E-state index contributed by atoms with van der Waals surface area (Å²) in [5.41, 5.74) is 2.70. The molecule has 3 heteroatoms. The molecular formula is C33H58O3. The molecule has 4 aliphatic rings. The molecule has 0 heterocycles. The summed E-state index contributed by atoms with van der Waals surface area (Å²) in [6, 6.07) is 0. The molecule has 0 amide bonds. The summed E-state index contributed by atoms with van der Waals surface area (Å²) in [5, 5.41) is 0. The maximum Gasteiger partial charge on any atom is 0.145 e. The Morgan fingerprint density at radius 3 is 2.42 bits per heavy atom. The summed E-state index contributed by atoms with van der Waals surface area (Å²) in [5.74, 6) is 4.56. The quantitative estimate of drug-likeness (QED) is 0.189. The van der Waals surface area contributed by atoms with E-state index in [9.17, 15) is 4.79 Å². The van der Waals surface area contributed by atoms with E-state index in [0.717, 1.165) is 48.7 Å². The summed E-state index contributed by atoms with van der Waals surface area (Å²) >= 11 is 0. The first-order valence-electron chi connectivity index (χ1n) is 15.2. The molecule has 0 aromatic rings. The summed E-state index contributed by atoms with van der Waals surface area (Å²) in [7, 11) is 1.71. The lowest BCUT2D eigenvalue weighted by Crippen LogP contribution is -2.50. The van der Waals surface area contributed by atoms with Crippen LogP contribution in [0.15, 0.2) is 11.6 Å². The van der Waals surface area contributed by atoms with Crippen LogP contribution in [0.3, 0.4) is 0 Å². The zero-order valence-electron chi connectivity index (χ0n) is 25.0. The second kappa shape index (κ2) is 12.5. The van der Waals surface area contributed by atoms with E-state index < -0.39 is 0 Å². The Kier molecular flexibility index (Phi) is 10.3. The highest BCUT2D eigenvalue weighted by atomic mass is 16.5. The first-order valence-corrected chi connectivity index (χ1v) is 15.2. The fourth-order valence-corrected chi connectivity index (χ4v) is 8.47. The van der Waals surface area contributed by atoms with Crippen LogP contribution in [0.4, 0.5) is 0 Å². The SMILES string of the molecule is CC(C)CCCCC1CCC2C3CC=C4CC(OCC=O)CCC4(C)C3CCC12C.COC(C)(C)C. The standard InChI is InChI=1S/C28H46O2.C5H12O/c1-20(2)7-5-6-8-21-10-12-25-24-11-9-22-19-23(30-18-17-29)13-15-28(22,4)26(24)14-16-27(21,25)3;1-5(2,3)6-4/h9,17,20-21,23-26H,5-8,10-16,18-19H2,1-4H3;1-4H3. The number of carbonyl (C=O) groups excluding carboxylic acids is 1. The van der Waals surface area contributed by atoms with Crippen LogP contribution in [-0.2, 0) is 14.3 Å². The van der Waals surface area contributed by atoms with Crippen molar-refractivity contribution in [3.8, 4) is 0 Å². The second-order valence-corrected chi connectivity index (χ2v) is 14.4. The molecule has 3 nitrogen and oxygen atoms in total. The molecule has 0 aromatic heterocycles. The molecule has 0 radical (unpaired) electrons. The predicted molar refractivity (Wildman–Crippen MR) is 151 cm³/mol. The molecule has 0 spiro atoms. The third kappa shape index (κ3) is 6.85. The van der Waals surface area contributed by atoms with E-state index in [1.165, 1.54) is 64.2 Å². The van der Waals surface area contributed by atoms with E-state index in [0.29, 0.717) is 10.8 Å². The van der Waals surface area contributed by atoms with Gasteiger partial charge in [0.1, 0.15) is 12.9 Å². The van der Waals surface area contributed by atoms with Gasteiger partial charge in [0, 0.05) is 7.11 Å². The van der Waals surface area contributed by atoms with Crippen LogP contribution in [0.25, 0.3) is 0 Å². The van der Waals surface area contributed by atoms with Crippen molar-refractivity contribution in [3.05, 3.63) is 11.6 Å². The number of aldehydes is 1. The minimum atomic E-state index is 0.0417. The molecule has 4 aliphatic carbocycles. The second-order valence-electron chi connectivity index (χ2n) is 14.4. The number of hydrogen-bond acceptors (Lipinski definition) is 3. The van der Waals surface area contributed by atoms with Gasteiger partial charge >= 0.3 is 0 Å². The van der Waals surface area contributed by atoms with Crippen LogP contribution in [0, 0.1) is 40.4 Å². The fourth-order valence-electron chi connectivity index (χ4n) is 8.47. The van der Waals surface area contributed by atoms with Crippen molar-refractivity contribution >= 4 is 6.29 Å². The van der Waals surface area contributed by atoms with E-state index in [-0.39, 0.29) is 18.3 Å². The van der Waals surface area contributed by atoms with E-state index in [1.54, 1.807) is 12.7 Å². The highest BCUT2D eigenvalue weighted by Gasteiger charge is 2.58. The molecule has 4 rings (SSSR count). The van der Waals surface area contributed by atoms with Gasteiger partial charge in [0.05, 0.1) is 11.7 Å². The smallest absolute Gasteiger partial charge is 0.145 e. The van der Waals surface area contributed by atoms with Crippen LogP contribution >= 0.6 is 0 Å². The molecule has 7 unspecified atom stereocenters. The van der Waals surface area contributed by atoms with Crippen LogP contribution in [0.5, 0.6) is 0 Å². The van der Waals surface area contributed by atoms with Gasteiger partial charge in [-0.3, -0.25) is 0 Å². The van der Waals surface area contributed by atoms with Crippen molar-refractivity contribution in [1.29, 1.82) is 0 Å². The van der Waals surface area contributed by atoms with Crippen molar-refractivity contribution in [3.63, 3.8) is 0 Å². The average Bonchev–Trinajstić information content (AvgIpc) is 3.16. The van der Waals surface area contributed by atoms with Gasteiger partial charge in [0.15, 0.2) is 0 Å². The van der Waals surface area contributed by atoms with Gasteiger partial charge in [-0.25, -0.2) is 0 Å². The number of allylic oxidation sites excluding steroid dienone is 1. The zero-order chi connectivity index (χ0) is 26.6. The minimum Gasteiger partial charge on any atom is -0.379 e. The van der Waals surface area contributed by atoms with Gasteiger partial charge in [0.25, 0.3) is 0 Å². The first kappa shape index (κ1) is 29.9. The first-order chi connectivity index (χ1) is 16.9. The summed E-state index contributed by atoms with van der Waals surface area (Å²) in [4.78, 5) is 10.7. The van der Waals surface area contributed by atoms with Crippen molar-refractivity contribution in [2.45, 2.75) is 137 Å². The minimum absolute atomic E-state index is 0.0417. The number of methoxy groups -OCH3 is 1. The Morgan fingerprint density at radius 1 is 1.06 bits per heavy atom. The number of hydrogen-bond donors (Lipinski definition) is 0. The molecule has 3 fully saturated rings. The topological polar surface area (TPSA) is 35.5 Å². The number of rotatable bonds is 8. The third-order valence-corrected chi connectivity index (χ3v) is 10.9. The van der Waals surface area contributed by atoms with E-state index in [2.05, 4.69) is 33.8 Å². The van der Waals surface area contributed by atoms with Crippen LogP contribution < -0.4 is 0 Å². The third-order valence-electron chi connectivity index (χ3n) is 10.9. The summed E-state index contributed by atoms with van der Waals surface area (Å²) in [6.45, 7) is 16.3. The number of unbranched alkanes of at least 4 members (excludes halogenated alkanes) is 1. The van der Waals surface area contributed by atoms with Crippen molar-refractivity contribution < 1.29 is 14.3 Å². The normalized spacial score (nSPS) is 37.8. The Morgan fingerprint density at radius 2 is 1.78 bits per heavy atom. The predicted octanol–water partition coefficient (Wildman–Crippen LogP) is 8.80. The number of carbonyl (C=O) groups is 1. The van der Waals surface area contributed by atoms with E-state index >= 15 is 0 Å². The summed E-state index contributed by atoms with van der Waals surface area (Å²) in [6.07, 6.45) is 20.2. The highest BCUT2D eigenvalue weighted by Crippen LogP contribution is 2.66. The maximum atomic E-state index is 10.7. The van der Waals surface area contributed by atoms with Gasteiger partial charge in [-0.1, -0.05) is 58.6 Å². The molecule has 0 aliphatic heterocycles. The average molecular weight is 503 g/mol.